The van der Waals surface area contributed by atoms with Gasteiger partial charge in [0.25, 0.3) is 0 Å². The van der Waals surface area contributed by atoms with Gasteiger partial charge in [0.1, 0.15) is 0 Å². The third kappa shape index (κ3) is 1.70. The maximum Gasteiger partial charge on any atom is 0.0577 e. The van der Waals surface area contributed by atoms with Gasteiger partial charge in [-0.15, -0.1) is 0 Å². The van der Waals surface area contributed by atoms with Crippen LogP contribution in [0.1, 0.15) is 11.4 Å². The van der Waals surface area contributed by atoms with Crippen molar-refractivity contribution in [1.82, 2.24) is 10.3 Å². The van der Waals surface area contributed by atoms with E-state index in [2.05, 4.69) is 35.1 Å². The third-order valence-corrected chi connectivity index (χ3v) is 2.58. The Kier molecular flexibility index (Phi) is 2.27. The van der Waals surface area contributed by atoms with Crippen molar-refractivity contribution in [3.63, 3.8) is 0 Å². The molecular weight excluding hydrogens is 162 g/mol. The van der Waals surface area contributed by atoms with Gasteiger partial charge in [-0.1, -0.05) is 0 Å². The first kappa shape index (κ1) is 8.63. The van der Waals surface area contributed by atoms with E-state index >= 15 is 0 Å². The minimum Gasteiger partial charge on any atom is -0.368 e. The molecule has 1 aromatic heterocycles. The molecule has 0 bridgehead atoms. The highest BCUT2D eigenvalue weighted by atomic mass is 15.2. The van der Waals surface area contributed by atoms with E-state index in [1.165, 1.54) is 17.1 Å². The minimum atomic E-state index is 1.10. The Morgan fingerprint density at radius 1 is 1.23 bits per heavy atom. The summed E-state index contributed by atoms with van der Waals surface area (Å²) in [7, 11) is 0. The van der Waals surface area contributed by atoms with Crippen molar-refractivity contribution >= 4 is 5.69 Å². The molecule has 0 radical (unpaired) electrons. The molecule has 1 aliphatic heterocycles. The Morgan fingerprint density at radius 2 is 1.92 bits per heavy atom. The standard InChI is InChI=1S/C10H17N3/c1-8-7-10(9(2)12-8)13-5-3-11-4-6-13/h7,11-12H,3-6H2,1-2H3. The molecule has 0 saturated carbocycles. The van der Waals surface area contributed by atoms with Crippen LogP contribution in [0.15, 0.2) is 6.07 Å². The summed E-state index contributed by atoms with van der Waals surface area (Å²) in [5.74, 6) is 0. The van der Waals surface area contributed by atoms with Gasteiger partial charge in [-0.2, -0.15) is 0 Å². The lowest BCUT2D eigenvalue weighted by molar-refractivity contribution is 0.588. The molecule has 72 valence electrons. The van der Waals surface area contributed by atoms with Gasteiger partial charge in [0.15, 0.2) is 0 Å². The summed E-state index contributed by atoms with van der Waals surface area (Å²) in [5.41, 5.74) is 3.92. The number of hydrogen-bond acceptors (Lipinski definition) is 2. The Bertz CT molecular complexity index is 284. The molecule has 0 atom stereocenters. The number of aromatic nitrogens is 1. The Balaban J connectivity index is 2.18. The van der Waals surface area contributed by atoms with Gasteiger partial charge >= 0.3 is 0 Å². The van der Waals surface area contributed by atoms with Crippen LogP contribution in [0, 0.1) is 13.8 Å². The monoisotopic (exact) mass is 179 g/mol. The summed E-state index contributed by atoms with van der Waals surface area (Å²) >= 11 is 0. The van der Waals surface area contributed by atoms with E-state index in [4.69, 9.17) is 0 Å². The number of H-pyrrole nitrogens is 1. The molecule has 0 aromatic carbocycles. The second kappa shape index (κ2) is 3.42. The zero-order chi connectivity index (χ0) is 9.26. The third-order valence-electron chi connectivity index (χ3n) is 2.58. The average Bonchev–Trinajstić information content (AvgIpc) is 2.47. The first-order chi connectivity index (χ1) is 6.27. The predicted octanol–water partition coefficient (Wildman–Crippen LogP) is 1.04. The highest BCUT2D eigenvalue weighted by molar-refractivity contribution is 5.53. The van der Waals surface area contributed by atoms with Crippen molar-refractivity contribution in [3.05, 3.63) is 17.5 Å². The van der Waals surface area contributed by atoms with Crippen LogP contribution < -0.4 is 10.2 Å². The molecule has 2 heterocycles. The molecule has 2 rings (SSSR count). The Morgan fingerprint density at radius 3 is 2.46 bits per heavy atom. The first-order valence-electron chi connectivity index (χ1n) is 4.89. The van der Waals surface area contributed by atoms with Crippen molar-refractivity contribution in [2.45, 2.75) is 13.8 Å². The highest BCUT2D eigenvalue weighted by Crippen LogP contribution is 2.20. The second-order valence-electron chi connectivity index (χ2n) is 3.70. The largest absolute Gasteiger partial charge is 0.368 e. The molecule has 2 N–H and O–H groups in total. The summed E-state index contributed by atoms with van der Waals surface area (Å²) < 4.78 is 0. The van der Waals surface area contributed by atoms with Gasteiger partial charge in [0.2, 0.25) is 0 Å². The van der Waals surface area contributed by atoms with Gasteiger partial charge in [0, 0.05) is 37.6 Å². The molecule has 3 heteroatoms. The highest BCUT2D eigenvalue weighted by Gasteiger charge is 2.13. The molecule has 1 aromatic rings. The molecule has 0 spiro atoms. The maximum atomic E-state index is 3.36. The smallest absolute Gasteiger partial charge is 0.0577 e. The lowest BCUT2D eigenvalue weighted by atomic mass is 10.3. The molecule has 1 fully saturated rings. The minimum absolute atomic E-state index is 1.10. The van der Waals surface area contributed by atoms with Crippen LogP contribution >= 0.6 is 0 Å². The number of rotatable bonds is 1. The van der Waals surface area contributed by atoms with Crippen LogP contribution in [0.4, 0.5) is 5.69 Å². The number of piperazine rings is 1. The lowest BCUT2D eigenvalue weighted by Crippen LogP contribution is -2.43. The fourth-order valence-corrected chi connectivity index (χ4v) is 1.94. The van der Waals surface area contributed by atoms with Gasteiger partial charge < -0.3 is 15.2 Å². The molecule has 13 heavy (non-hydrogen) atoms. The summed E-state index contributed by atoms with van der Waals surface area (Å²) in [5, 5.41) is 3.36. The number of aryl methyl sites for hydroxylation is 2. The quantitative estimate of drug-likeness (QED) is 0.675. The zero-order valence-corrected chi connectivity index (χ0v) is 8.35. The van der Waals surface area contributed by atoms with Gasteiger partial charge in [-0.3, -0.25) is 0 Å². The molecule has 1 saturated heterocycles. The SMILES string of the molecule is Cc1cc(N2CCNCC2)c(C)[nH]1. The Hall–Kier alpha value is -0.960. The van der Waals surface area contributed by atoms with Crippen LogP contribution in [0.5, 0.6) is 0 Å². The van der Waals surface area contributed by atoms with Crippen LogP contribution in [-0.2, 0) is 0 Å². The van der Waals surface area contributed by atoms with Gasteiger partial charge in [-0.05, 0) is 19.9 Å². The summed E-state index contributed by atoms with van der Waals surface area (Å²) in [6.45, 7) is 8.70. The number of anilines is 1. The summed E-state index contributed by atoms with van der Waals surface area (Å²) in [6, 6.07) is 2.24. The Labute approximate surface area is 79.1 Å². The molecular formula is C10H17N3. The van der Waals surface area contributed by atoms with Crippen molar-refractivity contribution in [2.24, 2.45) is 0 Å². The first-order valence-corrected chi connectivity index (χ1v) is 4.89. The van der Waals surface area contributed by atoms with E-state index in [-0.39, 0.29) is 0 Å². The predicted molar refractivity (Wildman–Crippen MR) is 55.3 cm³/mol. The van der Waals surface area contributed by atoms with Crippen molar-refractivity contribution < 1.29 is 0 Å². The van der Waals surface area contributed by atoms with E-state index in [9.17, 15) is 0 Å². The lowest BCUT2D eigenvalue weighted by Gasteiger charge is -2.29. The van der Waals surface area contributed by atoms with E-state index in [1.54, 1.807) is 0 Å². The van der Waals surface area contributed by atoms with Crippen molar-refractivity contribution in [3.8, 4) is 0 Å². The zero-order valence-electron chi connectivity index (χ0n) is 8.35. The summed E-state index contributed by atoms with van der Waals surface area (Å²) in [6.07, 6.45) is 0. The molecule has 0 unspecified atom stereocenters. The van der Waals surface area contributed by atoms with Crippen LogP contribution in [-0.4, -0.2) is 31.2 Å². The fourth-order valence-electron chi connectivity index (χ4n) is 1.94. The molecule has 0 amide bonds. The van der Waals surface area contributed by atoms with Gasteiger partial charge in [0.05, 0.1) is 5.69 Å². The fraction of sp³-hybridized carbons (Fsp3) is 0.600. The number of hydrogen-bond donors (Lipinski definition) is 2. The molecule has 0 aliphatic carbocycles. The maximum absolute atomic E-state index is 3.36. The van der Waals surface area contributed by atoms with Gasteiger partial charge in [-0.25, -0.2) is 0 Å². The van der Waals surface area contributed by atoms with E-state index < -0.39 is 0 Å². The second-order valence-corrected chi connectivity index (χ2v) is 3.70. The van der Waals surface area contributed by atoms with E-state index in [0.29, 0.717) is 0 Å². The molecule has 3 nitrogen and oxygen atoms in total. The van der Waals surface area contributed by atoms with Crippen LogP contribution in [0.3, 0.4) is 0 Å². The number of nitrogens with one attached hydrogen (secondary N) is 2. The average molecular weight is 179 g/mol. The van der Waals surface area contributed by atoms with Crippen molar-refractivity contribution in [1.29, 1.82) is 0 Å². The van der Waals surface area contributed by atoms with Crippen LogP contribution in [0.25, 0.3) is 0 Å². The van der Waals surface area contributed by atoms with Crippen LogP contribution in [0.2, 0.25) is 0 Å². The number of nitrogens with zero attached hydrogens (tertiary/aromatic N) is 1. The summed E-state index contributed by atoms with van der Waals surface area (Å²) in [4.78, 5) is 5.78. The normalized spacial score (nSPS) is 17.8. The number of aromatic amines is 1. The van der Waals surface area contributed by atoms with E-state index in [0.717, 1.165) is 26.2 Å². The van der Waals surface area contributed by atoms with Crippen molar-refractivity contribution in [2.75, 3.05) is 31.1 Å². The molecule has 1 aliphatic rings. The topological polar surface area (TPSA) is 31.1 Å². The van der Waals surface area contributed by atoms with E-state index in [1.807, 2.05) is 0 Å².